The molecule has 1 heteroatoms. The van der Waals surface area contributed by atoms with E-state index in [1.54, 1.807) is 11.1 Å². The number of hydrogen-bond donors (Lipinski definition) is 0. The third kappa shape index (κ3) is 4.21. The van der Waals surface area contributed by atoms with Crippen LogP contribution in [0.4, 0.5) is 17.1 Å². The predicted molar refractivity (Wildman–Crippen MR) is 239 cm³/mol. The maximum Gasteiger partial charge on any atom is 0.0473 e. The van der Waals surface area contributed by atoms with Gasteiger partial charge in [-0.25, -0.2) is 0 Å². The van der Waals surface area contributed by atoms with Crippen molar-refractivity contribution in [1.29, 1.82) is 0 Å². The van der Waals surface area contributed by atoms with Gasteiger partial charge in [0.15, 0.2) is 0 Å². The van der Waals surface area contributed by atoms with Crippen LogP contribution < -0.4 is 4.90 Å². The zero-order valence-electron chi connectivity index (χ0n) is 32.4. The van der Waals surface area contributed by atoms with E-state index in [2.05, 4.69) is 205 Å². The van der Waals surface area contributed by atoms with Gasteiger partial charge < -0.3 is 4.90 Å². The third-order valence-electron chi connectivity index (χ3n) is 15.5. The van der Waals surface area contributed by atoms with E-state index in [0.717, 1.165) is 40.7 Å². The molecule has 5 aliphatic rings. The summed E-state index contributed by atoms with van der Waals surface area (Å²) in [7, 11) is 0. The quantitative estimate of drug-likeness (QED) is 0.157. The van der Waals surface area contributed by atoms with E-state index in [-0.39, 0.29) is 5.41 Å². The predicted octanol–water partition coefficient (Wildman–Crippen LogP) is 14.8. The number of nitrogens with zero attached hydrogens (tertiary/aromatic N) is 1. The van der Waals surface area contributed by atoms with Gasteiger partial charge in [-0.05, 0) is 158 Å². The highest BCUT2D eigenvalue weighted by Gasteiger charge is 2.90. The van der Waals surface area contributed by atoms with E-state index in [9.17, 15) is 0 Å². The highest BCUT2D eigenvalue weighted by Crippen LogP contribution is 2.95. The summed E-state index contributed by atoms with van der Waals surface area (Å²) < 4.78 is 0. The second kappa shape index (κ2) is 12.0. The lowest BCUT2D eigenvalue weighted by Gasteiger charge is -2.92. The minimum Gasteiger partial charge on any atom is -0.310 e. The molecule has 276 valence electrons. The standard InChI is InChI=1S/C57H43N/c1-4-13-37(14-5-1)40-23-27-46(28-24-40)58(47-29-25-41(26-30-47)38-15-6-2-7-16-38)48-32-42(39-17-8-3-9-18-39)31-43(33-48)49-20-12-22-52-55(49)50-19-10-11-21-51(50)57(52)53-35-44-34-45-36-54(57)56(44,45)53/h1-33,44-45,53-54H,34-36H2. The second-order valence-electron chi connectivity index (χ2n) is 17.6. The first-order valence-corrected chi connectivity index (χ1v) is 21.3. The summed E-state index contributed by atoms with van der Waals surface area (Å²) in [5.74, 6) is 3.59. The molecule has 1 nitrogen and oxygen atoms in total. The molecule has 4 fully saturated rings. The first kappa shape index (κ1) is 32.6. The average molecular weight is 742 g/mol. The molecular weight excluding hydrogens is 699 g/mol. The zero-order chi connectivity index (χ0) is 38.0. The van der Waals surface area contributed by atoms with Gasteiger partial charge >= 0.3 is 0 Å². The van der Waals surface area contributed by atoms with Crippen LogP contribution in [-0.2, 0) is 5.41 Å². The summed E-state index contributed by atoms with van der Waals surface area (Å²) in [6, 6.07) is 74.6. The molecule has 4 atom stereocenters. The molecule has 13 rings (SSSR count). The minimum absolute atomic E-state index is 0.183. The Labute approximate surface area is 341 Å². The summed E-state index contributed by atoms with van der Waals surface area (Å²) in [6.07, 6.45) is 4.33. The summed E-state index contributed by atoms with van der Waals surface area (Å²) in [5.41, 5.74) is 20.3. The normalized spacial score (nSPS) is 24.8. The summed E-state index contributed by atoms with van der Waals surface area (Å²) in [4.78, 5) is 2.45. The van der Waals surface area contributed by atoms with Gasteiger partial charge in [-0.3, -0.25) is 0 Å². The Morgan fingerprint density at radius 2 is 0.810 bits per heavy atom. The largest absolute Gasteiger partial charge is 0.310 e. The van der Waals surface area contributed by atoms with Gasteiger partial charge in [0, 0.05) is 22.5 Å². The van der Waals surface area contributed by atoms with Crippen LogP contribution >= 0.6 is 0 Å². The van der Waals surface area contributed by atoms with Crippen molar-refractivity contribution in [3.8, 4) is 55.6 Å². The number of benzene rings is 8. The van der Waals surface area contributed by atoms with Gasteiger partial charge in [0.1, 0.15) is 0 Å². The molecule has 5 aliphatic carbocycles. The van der Waals surface area contributed by atoms with Crippen molar-refractivity contribution in [2.75, 3.05) is 4.90 Å². The Morgan fingerprint density at radius 3 is 1.38 bits per heavy atom. The monoisotopic (exact) mass is 741 g/mol. The molecule has 8 aromatic rings. The Bertz CT molecular complexity index is 2770. The maximum atomic E-state index is 2.52. The molecule has 0 heterocycles. The van der Waals surface area contributed by atoms with Crippen LogP contribution in [0.25, 0.3) is 55.6 Å². The molecule has 0 aromatic heterocycles. The molecule has 8 aromatic carbocycles. The lowest BCUT2D eigenvalue weighted by Crippen LogP contribution is -2.88. The number of fused-ring (bicyclic) bond motifs is 7. The van der Waals surface area contributed by atoms with Crippen LogP contribution in [0.15, 0.2) is 200 Å². The molecular formula is C57H43N. The van der Waals surface area contributed by atoms with Crippen LogP contribution in [-0.4, -0.2) is 0 Å². The minimum atomic E-state index is 0.183. The van der Waals surface area contributed by atoms with Gasteiger partial charge in [-0.15, -0.1) is 0 Å². The van der Waals surface area contributed by atoms with E-state index in [1.165, 1.54) is 74.9 Å². The molecule has 4 unspecified atom stereocenters. The molecule has 2 spiro atoms. The zero-order valence-corrected chi connectivity index (χ0v) is 32.4. The van der Waals surface area contributed by atoms with E-state index >= 15 is 0 Å². The molecule has 0 amide bonds. The van der Waals surface area contributed by atoms with E-state index in [0.29, 0.717) is 5.41 Å². The fourth-order valence-corrected chi connectivity index (χ4v) is 13.3. The van der Waals surface area contributed by atoms with E-state index in [4.69, 9.17) is 0 Å². The smallest absolute Gasteiger partial charge is 0.0473 e. The lowest BCUT2D eigenvalue weighted by molar-refractivity contribution is -0.412. The first-order valence-electron chi connectivity index (χ1n) is 21.3. The summed E-state index contributed by atoms with van der Waals surface area (Å²) in [6.45, 7) is 0. The van der Waals surface area contributed by atoms with Crippen molar-refractivity contribution < 1.29 is 0 Å². The van der Waals surface area contributed by atoms with Gasteiger partial charge in [-0.2, -0.15) is 0 Å². The van der Waals surface area contributed by atoms with Crippen molar-refractivity contribution in [3.63, 3.8) is 0 Å². The maximum absolute atomic E-state index is 2.52. The van der Waals surface area contributed by atoms with Crippen molar-refractivity contribution in [2.45, 2.75) is 24.7 Å². The topological polar surface area (TPSA) is 3.24 Å². The summed E-state index contributed by atoms with van der Waals surface area (Å²) >= 11 is 0. The Morgan fingerprint density at radius 1 is 0.345 bits per heavy atom. The van der Waals surface area contributed by atoms with Gasteiger partial charge in [-0.1, -0.05) is 158 Å². The number of anilines is 3. The molecule has 0 saturated heterocycles. The first-order chi connectivity index (χ1) is 28.7. The van der Waals surface area contributed by atoms with Gasteiger partial charge in [0.05, 0.1) is 0 Å². The van der Waals surface area contributed by atoms with E-state index < -0.39 is 0 Å². The molecule has 4 saturated carbocycles. The van der Waals surface area contributed by atoms with Crippen LogP contribution in [0.3, 0.4) is 0 Å². The highest BCUT2D eigenvalue weighted by molar-refractivity contribution is 5.96. The molecule has 0 N–H and O–H groups in total. The van der Waals surface area contributed by atoms with Crippen LogP contribution in [0, 0.1) is 29.1 Å². The van der Waals surface area contributed by atoms with E-state index in [1.807, 2.05) is 0 Å². The SMILES string of the molecule is c1ccc(-c2ccc(N(c3ccc(-c4ccccc4)cc3)c3cc(-c4ccccc4)cc(-c4cccc5c4-c4ccccc4C54C5CC6CC7CC4C675)c3)cc2)cc1. The second-order valence-corrected chi connectivity index (χ2v) is 17.6. The molecule has 0 aliphatic heterocycles. The van der Waals surface area contributed by atoms with Gasteiger partial charge in [0.2, 0.25) is 0 Å². The lowest BCUT2D eigenvalue weighted by atomic mass is 9.11. The van der Waals surface area contributed by atoms with Crippen molar-refractivity contribution in [1.82, 2.24) is 0 Å². The molecule has 0 bridgehead atoms. The molecule has 58 heavy (non-hydrogen) atoms. The Hall–Kier alpha value is -6.44. The Kier molecular flexibility index (Phi) is 6.77. The van der Waals surface area contributed by atoms with Gasteiger partial charge in [0.25, 0.3) is 0 Å². The van der Waals surface area contributed by atoms with Crippen LogP contribution in [0.2, 0.25) is 0 Å². The average Bonchev–Trinajstić information content (AvgIpc) is 3.58. The number of rotatable bonds is 7. The van der Waals surface area contributed by atoms with Crippen molar-refractivity contribution in [2.24, 2.45) is 29.1 Å². The summed E-state index contributed by atoms with van der Waals surface area (Å²) in [5, 5.41) is 0. The van der Waals surface area contributed by atoms with Crippen LogP contribution in [0.5, 0.6) is 0 Å². The van der Waals surface area contributed by atoms with Crippen molar-refractivity contribution >= 4 is 17.1 Å². The fourth-order valence-electron chi connectivity index (χ4n) is 13.3. The molecule has 0 radical (unpaired) electrons. The fraction of sp³-hybridized carbons (Fsp3) is 0.158. The third-order valence-corrected chi connectivity index (χ3v) is 15.5. The highest BCUT2D eigenvalue weighted by atomic mass is 15.1. The van der Waals surface area contributed by atoms with Crippen LogP contribution in [0.1, 0.15) is 30.4 Å². The number of hydrogen-bond acceptors (Lipinski definition) is 1. The van der Waals surface area contributed by atoms with Crippen molar-refractivity contribution in [3.05, 3.63) is 211 Å². The Balaban J connectivity index is 1.00.